The van der Waals surface area contributed by atoms with Crippen LogP contribution >= 0.6 is 11.6 Å². The summed E-state index contributed by atoms with van der Waals surface area (Å²) >= 11 is 6.11. The highest BCUT2D eigenvalue weighted by atomic mass is 35.5. The van der Waals surface area contributed by atoms with Gasteiger partial charge in [-0.05, 0) is 13.3 Å². The summed E-state index contributed by atoms with van der Waals surface area (Å²) in [5.41, 5.74) is 2.42. The van der Waals surface area contributed by atoms with Crippen LogP contribution in [-0.2, 0) is 4.74 Å². The van der Waals surface area contributed by atoms with E-state index in [0.717, 1.165) is 26.1 Å². The molecule has 0 aliphatic carbocycles. The van der Waals surface area contributed by atoms with Crippen LogP contribution in [0.1, 0.15) is 13.3 Å². The summed E-state index contributed by atoms with van der Waals surface area (Å²) in [4.78, 5) is 10.3. The number of hydrogen-bond acceptors (Lipinski definition) is 6. The van der Waals surface area contributed by atoms with Gasteiger partial charge in [0.05, 0.1) is 12.3 Å². The summed E-state index contributed by atoms with van der Waals surface area (Å²) in [5, 5.41) is 0.526. The van der Waals surface area contributed by atoms with Crippen LogP contribution < -0.4 is 16.2 Å². The number of aromatic nitrogens is 2. The maximum absolute atomic E-state index is 6.11. The Balaban J connectivity index is 2.24. The molecular formula is C10H16ClN5O. The first kappa shape index (κ1) is 12.3. The normalized spacial score (nSPS) is 21.1. The minimum Gasteiger partial charge on any atom is -0.377 e. The SMILES string of the molecule is CC1CN(c2nc(NN)ncc2Cl)CCCO1. The molecule has 2 rings (SSSR count). The maximum Gasteiger partial charge on any atom is 0.239 e. The molecule has 2 heterocycles. The molecule has 0 aromatic carbocycles. The topological polar surface area (TPSA) is 76.3 Å². The Hall–Kier alpha value is -1.11. The minimum absolute atomic E-state index is 0.165. The lowest BCUT2D eigenvalue weighted by Gasteiger charge is -2.24. The van der Waals surface area contributed by atoms with Gasteiger partial charge in [0.2, 0.25) is 5.95 Å². The van der Waals surface area contributed by atoms with E-state index in [9.17, 15) is 0 Å². The Morgan fingerprint density at radius 1 is 1.65 bits per heavy atom. The molecule has 1 aliphatic heterocycles. The summed E-state index contributed by atoms with van der Waals surface area (Å²) in [5.74, 6) is 6.36. The monoisotopic (exact) mass is 257 g/mol. The third kappa shape index (κ3) is 2.96. The zero-order chi connectivity index (χ0) is 12.3. The van der Waals surface area contributed by atoms with Gasteiger partial charge in [-0.2, -0.15) is 4.98 Å². The molecule has 6 nitrogen and oxygen atoms in total. The van der Waals surface area contributed by atoms with Gasteiger partial charge in [-0.25, -0.2) is 10.8 Å². The Morgan fingerprint density at radius 2 is 2.47 bits per heavy atom. The van der Waals surface area contributed by atoms with Crippen LogP contribution in [0.25, 0.3) is 0 Å². The Kier molecular flexibility index (Phi) is 3.98. The summed E-state index contributed by atoms with van der Waals surface area (Å²) in [6.45, 7) is 4.43. The molecule has 0 amide bonds. The van der Waals surface area contributed by atoms with Crippen molar-refractivity contribution in [2.45, 2.75) is 19.4 Å². The van der Waals surface area contributed by atoms with E-state index < -0.39 is 0 Å². The van der Waals surface area contributed by atoms with Gasteiger partial charge < -0.3 is 9.64 Å². The van der Waals surface area contributed by atoms with Crippen molar-refractivity contribution >= 4 is 23.4 Å². The van der Waals surface area contributed by atoms with Crippen molar-refractivity contribution in [3.8, 4) is 0 Å². The largest absolute Gasteiger partial charge is 0.377 e. The maximum atomic E-state index is 6.11. The molecule has 17 heavy (non-hydrogen) atoms. The molecule has 0 saturated carbocycles. The number of nitrogens with zero attached hydrogens (tertiary/aromatic N) is 3. The number of anilines is 2. The fraction of sp³-hybridized carbons (Fsp3) is 0.600. The number of hydrazine groups is 1. The number of hydrogen-bond donors (Lipinski definition) is 2. The molecule has 0 bridgehead atoms. The number of rotatable bonds is 2. The molecule has 3 N–H and O–H groups in total. The highest BCUT2D eigenvalue weighted by Crippen LogP contribution is 2.25. The van der Waals surface area contributed by atoms with Crippen molar-refractivity contribution in [3.05, 3.63) is 11.2 Å². The molecule has 1 saturated heterocycles. The Morgan fingerprint density at radius 3 is 3.24 bits per heavy atom. The second-order valence-electron chi connectivity index (χ2n) is 3.99. The molecule has 1 atom stereocenters. The van der Waals surface area contributed by atoms with Crippen LogP contribution in [0.2, 0.25) is 5.02 Å². The van der Waals surface area contributed by atoms with Gasteiger partial charge in [0.1, 0.15) is 5.02 Å². The first-order valence-corrected chi connectivity index (χ1v) is 5.94. The average Bonchev–Trinajstić information content (AvgIpc) is 2.54. The van der Waals surface area contributed by atoms with Crippen molar-refractivity contribution < 1.29 is 4.74 Å². The number of ether oxygens (including phenoxy) is 1. The van der Waals surface area contributed by atoms with E-state index in [1.54, 1.807) is 6.20 Å². The molecular weight excluding hydrogens is 242 g/mol. The van der Waals surface area contributed by atoms with Gasteiger partial charge in [0.25, 0.3) is 0 Å². The quantitative estimate of drug-likeness (QED) is 0.609. The highest BCUT2D eigenvalue weighted by molar-refractivity contribution is 6.32. The predicted octanol–water partition coefficient (Wildman–Crippen LogP) is 1.03. The molecule has 0 radical (unpaired) electrons. The smallest absolute Gasteiger partial charge is 0.239 e. The molecule has 1 unspecified atom stereocenters. The van der Waals surface area contributed by atoms with Gasteiger partial charge in [0, 0.05) is 19.7 Å². The van der Waals surface area contributed by atoms with Crippen LogP contribution in [-0.4, -0.2) is 35.8 Å². The Bertz CT molecular complexity index is 389. The summed E-state index contributed by atoms with van der Waals surface area (Å²) in [6.07, 6.45) is 2.67. The van der Waals surface area contributed by atoms with Crippen LogP contribution in [0.3, 0.4) is 0 Å². The summed E-state index contributed by atoms with van der Waals surface area (Å²) in [7, 11) is 0. The fourth-order valence-electron chi connectivity index (χ4n) is 1.84. The molecule has 1 aromatic heterocycles. The number of nitrogens with two attached hydrogens (primary N) is 1. The average molecular weight is 258 g/mol. The van der Waals surface area contributed by atoms with E-state index >= 15 is 0 Å². The highest BCUT2D eigenvalue weighted by Gasteiger charge is 2.19. The standard InChI is InChI=1S/C10H16ClN5O/c1-7-6-16(3-2-4-17-7)9-8(11)5-13-10(14-9)15-12/h5,7H,2-4,6,12H2,1H3,(H,13,14,15). The van der Waals surface area contributed by atoms with Crippen LogP contribution in [0, 0.1) is 0 Å². The van der Waals surface area contributed by atoms with Crippen LogP contribution in [0.4, 0.5) is 11.8 Å². The third-order valence-corrected chi connectivity index (χ3v) is 2.87. The molecule has 0 spiro atoms. The molecule has 7 heteroatoms. The number of nitrogen functional groups attached to an aromatic ring is 1. The van der Waals surface area contributed by atoms with Gasteiger partial charge in [0.15, 0.2) is 5.82 Å². The van der Waals surface area contributed by atoms with E-state index in [1.807, 2.05) is 6.92 Å². The fourth-order valence-corrected chi connectivity index (χ4v) is 2.05. The second kappa shape index (κ2) is 5.48. The summed E-state index contributed by atoms with van der Waals surface area (Å²) < 4.78 is 5.58. The summed E-state index contributed by atoms with van der Waals surface area (Å²) in [6, 6.07) is 0. The van der Waals surface area contributed by atoms with E-state index in [2.05, 4.69) is 20.3 Å². The molecule has 1 aliphatic rings. The van der Waals surface area contributed by atoms with Crippen LogP contribution in [0.15, 0.2) is 6.20 Å². The molecule has 1 aromatic rings. The molecule has 1 fully saturated rings. The lowest BCUT2D eigenvalue weighted by Crippen LogP contribution is -2.31. The number of halogens is 1. The van der Waals surface area contributed by atoms with Crippen molar-refractivity contribution in [2.24, 2.45) is 5.84 Å². The minimum atomic E-state index is 0.165. The van der Waals surface area contributed by atoms with E-state index in [4.69, 9.17) is 22.2 Å². The first-order valence-electron chi connectivity index (χ1n) is 5.56. The molecule has 94 valence electrons. The zero-order valence-corrected chi connectivity index (χ0v) is 10.4. The number of nitrogens with one attached hydrogen (secondary N) is 1. The third-order valence-electron chi connectivity index (χ3n) is 2.61. The van der Waals surface area contributed by atoms with Crippen LogP contribution in [0.5, 0.6) is 0 Å². The van der Waals surface area contributed by atoms with E-state index in [0.29, 0.717) is 16.8 Å². The van der Waals surface area contributed by atoms with E-state index in [-0.39, 0.29) is 6.10 Å². The predicted molar refractivity (Wildman–Crippen MR) is 67.1 cm³/mol. The van der Waals surface area contributed by atoms with Gasteiger partial charge >= 0.3 is 0 Å². The Labute approximate surface area is 105 Å². The zero-order valence-electron chi connectivity index (χ0n) is 9.69. The van der Waals surface area contributed by atoms with Gasteiger partial charge in [-0.15, -0.1) is 0 Å². The van der Waals surface area contributed by atoms with E-state index in [1.165, 1.54) is 0 Å². The lowest BCUT2D eigenvalue weighted by atomic mass is 10.3. The second-order valence-corrected chi connectivity index (χ2v) is 4.40. The lowest BCUT2D eigenvalue weighted by molar-refractivity contribution is 0.0820. The van der Waals surface area contributed by atoms with Crippen molar-refractivity contribution in [1.29, 1.82) is 0 Å². The van der Waals surface area contributed by atoms with Gasteiger partial charge in [-0.3, -0.25) is 5.43 Å². The van der Waals surface area contributed by atoms with Crippen molar-refractivity contribution in [2.75, 3.05) is 30.0 Å². The van der Waals surface area contributed by atoms with Crippen molar-refractivity contribution in [3.63, 3.8) is 0 Å². The van der Waals surface area contributed by atoms with Gasteiger partial charge in [-0.1, -0.05) is 11.6 Å². The van der Waals surface area contributed by atoms with Crippen molar-refractivity contribution in [1.82, 2.24) is 9.97 Å². The first-order chi connectivity index (χ1) is 8.20.